The van der Waals surface area contributed by atoms with Crippen LogP contribution in [-0.2, 0) is 42.2 Å². The lowest BCUT2D eigenvalue weighted by molar-refractivity contribution is -0.161. The van der Waals surface area contributed by atoms with E-state index in [0.29, 0.717) is 25.7 Å². The Morgan fingerprint density at radius 2 is 0.692 bits per heavy atom. The smallest absolute Gasteiger partial charge is 0.462 e. The van der Waals surface area contributed by atoms with Crippen LogP contribution in [0.3, 0.4) is 0 Å². The number of aliphatic hydroxyl groups excluding tert-OH is 1. The fourth-order valence-electron chi connectivity index (χ4n) is 8.30. The SMILES string of the molecule is CC/C=C\C/C=C\C/C=C\C/C=C\C/C=C\C/C=C\CCC(=O)OC(COC(=O)CCCCCCCCCCCCCCC)COP(=O)(O)OCC(CO)OC(=O)CCCCCCCCCCC/C=C\C/C=C\CCCCC. The largest absolute Gasteiger partial charge is 0.472 e. The van der Waals surface area contributed by atoms with Crippen LogP contribution in [0.1, 0.15) is 265 Å². The summed E-state index contributed by atoms with van der Waals surface area (Å²) in [6.45, 7) is 4.44. The van der Waals surface area contributed by atoms with Crippen molar-refractivity contribution >= 4 is 25.7 Å². The second-order valence-corrected chi connectivity index (χ2v) is 21.9. The van der Waals surface area contributed by atoms with Gasteiger partial charge in [-0.1, -0.05) is 253 Å². The van der Waals surface area contributed by atoms with E-state index in [0.717, 1.165) is 83.5 Å². The normalized spacial score (nSPS) is 14.0. The Morgan fingerprint density at radius 3 is 1.13 bits per heavy atom. The first-order chi connectivity index (χ1) is 38.2. The minimum Gasteiger partial charge on any atom is -0.462 e. The summed E-state index contributed by atoms with van der Waals surface area (Å²) < 4.78 is 39.5. The van der Waals surface area contributed by atoms with Gasteiger partial charge in [0.1, 0.15) is 12.7 Å². The van der Waals surface area contributed by atoms with E-state index in [-0.39, 0.29) is 25.9 Å². The average molecular weight is 1110 g/mol. The van der Waals surface area contributed by atoms with Crippen LogP contribution in [0.2, 0.25) is 0 Å². The standard InChI is InChI=1S/C66H113O11P/c1-4-7-10-13-16-19-22-25-27-29-31-33-35-38-41-44-47-50-53-56-65(69)76-62(58-67)60-74-78(71,72)75-61-63(59-73-64(68)55-52-49-46-43-40-37-24-21-18-15-12-9-6-3)77-66(70)57-54-51-48-45-42-39-36-34-32-30-28-26-23-20-17-14-11-8-5-2/h8,11,16-17,19-20,25-28,32,34,39,42,48,51,62-63,67H,4-7,9-10,12-15,18,21-24,29-31,33,35-38,40-41,43-47,49-50,52-61H2,1-3H3,(H,71,72)/b11-8-,19-16-,20-17-,27-25-,28-26-,34-32-,42-39-,51-48-. The van der Waals surface area contributed by atoms with Crippen LogP contribution < -0.4 is 0 Å². The molecule has 0 aromatic heterocycles. The maximum atomic E-state index is 12.9. The zero-order valence-corrected chi connectivity index (χ0v) is 50.5. The van der Waals surface area contributed by atoms with Gasteiger partial charge in [0.15, 0.2) is 6.10 Å². The number of aliphatic hydroxyl groups is 1. The van der Waals surface area contributed by atoms with Gasteiger partial charge in [-0.3, -0.25) is 23.4 Å². The molecule has 0 bridgehead atoms. The number of hydrogen-bond donors (Lipinski definition) is 2. The van der Waals surface area contributed by atoms with E-state index in [1.165, 1.54) is 116 Å². The summed E-state index contributed by atoms with van der Waals surface area (Å²) in [6.07, 6.45) is 70.9. The van der Waals surface area contributed by atoms with Crippen molar-refractivity contribution < 1.29 is 52.2 Å². The zero-order chi connectivity index (χ0) is 56.9. The van der Waals surface area contributed by atoms with Gasteiger partial charge in [-0.25, -0.2) is 4.57 Å². The van der Waals surface area contributed by atoms with Gasteiger partial charge in [0.2, 0.25) is 0 Å². The van der Waals surface area contributed by atoms with E-state index in [1.807, 2.05) is 12.2 Å². The van der Waals surface area contributed by atoms with Gasteiger partial charge in [0.05, 0.1) is 19.8 Å². The number of phosphoric ester groups is 1. The fourth-order valence-corrected chi connectivity index (χ4v) is 9.08. The van der Waals surface area contributed by atoms with E-state index >= 15 is 0 Å². The molecule has 0 aliphatic carbocycles. The van der Waals surface area contributed by atoms with E-state index < -0.39 is 57.8 Å². The van der Waals surface area contributed by atoms with Crippen molar-refractivity contribution in [2.75, 3.05) is 26.4 Å². The molecule has 2 N–H and O–H groups in total. The van der Waals surface area contributed by atoms with Gasteiger partial charge in [0, 0.05) is 19.3 Å². The minimum absolute atomic E-state index is 0.0406. The lowest BCUT2D eigenvalue weighted by Crippen LogP contribution is -2.30. The van der Waals surface area contributed by atoms with E-state index in [2.05, 4.69) is 106 Å². The van der Waals surface area contributed by atoms with Crippen molar-refractivity contribution in [2.45, 2.75) is 277 Å². The molecule has 0 aromatic carbocycles. The van der Waals surface area contributed by atoms with Crippen molar-refractivity contribution in [1.29, 1.82) is 0 Å². The lowest BCUT2D eigenvalue weighted by atomic mass is 10.0. The molecule has 0 amide bonds. The first kappa shape index (κ1) is 74.4. The maximum Gasteiger partial charge on any atom is 0.472 e. The summed E-state index contributed by atoms with van der Waals surface area (Å²) in [5.74, 6) is -1.57. The number of phosphoric acid groups is 1. The van der Waals surface area contributed by atoms with Gasteiger partial charge in [-0.2, -0.15) is 0 Å². The van der Waals surface area contributed by atoms with Crippen LogP contribution in [0.5, 0.6) is 0 Å². The van der Waals surface area contributed by atoms with Crippen LogP contribution in [0.4, 0.5) is 0 Å². The van der Waals surface area contributed by atoms with Crippen molar-refractivity contribution in [1.82, 2.24) is 0 Å². The van der Waals surface area contributed by atoms with Crippen LogP contribution >= 0.6 is 7.82 Å². The number of carbonyl (C=O) groups excluding carboxylic acids is 3. The Hall–Kier alpha value is -3.60. The molecule has 0 rings (SSSR count). The Labute approximate surface area is 476 Å². The van der Waals surface area contributed by atoms with E-state index in [1.54, 1.807) is 0 Å². The summed E-state index contributed by atoms with van der Waals surface area (Å²) >= 11 is 0. The summed E-state index contributed by atoms with van der Waals surface area (Å²) in [6, 6.07) is 0. The highest BCUT2D eigenvalue weighted by Crippen LogP contribution is 2.43. The first-order valence-corrected chi connectivity index (χ1v) is 32.6. The van der Waals surface area contributed by atoms with Crippen LogP contribution in [0, 0.1) is 0 Å². The molecule has 0 spiro atoms. The zero-order valence-electron chi connectivity index (χ0n) is 49.6. The van der Waals surface area contributed by atoms with Crippen LogP contribution in [0.25, 0.3) is 0 Å². The molecule has 3 atom stereocenters. The quantitative estimate of drug-likeness (QED) is 0.0197. The number of esters is 3. The van der Waals surface area contributed by atoms with Gasteiger partial charge in [-0.15, -0.1) is 0 Å². The van der Waals surface area contributed by atoms with E-state index in [9.17, 15) is 28.9 Å². The monoisotopic (exact) mass is 1110 g/mol. The van der Waals surface area contributed by atoms with Crippen molar-refractivity contribution in [3.8, 4) is 0 Å². The molecule has 0 aromatic rings. The second-order valence-electron chi connectivity index (χ2n) is 20.5. The highest BCUT2D eigenvalue weighted by Gasteiger charge is 2.28. The molecule has 78 heavy (non-hydrogen) atoms. The molecule has 11 nitrogen and oxygen atoms in total. The van der Waals surface area contributed by atoms with Gasteiger partial charge in [0.25, 0.3) is 0 Å². The molecule has 0 saturated carbocycles. The number of allylic oxidation sites excluding steroid dienone is 16. The van der Waals surface area contributed by atoms with Gasteiger partial charge in [-0.05, 0) is 89.9 Å². The Balaban J connectivity index is 4.76. The Morgan fingerprint density at radius 1 is 0.372 bits per heavy atom. The molecule has 0 aliphatic heterocycles. The molecular weight excluding hydrogens is 1000 g/mol. The number of ether oxygens (including phenoxy) is 3. The topological polar surface area (TPSA) is 155 Å². The van der Waals surface area contributed by atoms with Crippen LogP contribution in [0.15, 0.2) is 97.2 Å². The number of rotatable bonds is 57. The third kappa shape index (κ3) is 57.1. The van der Waals surface area contributed by atoms with E-state index in [4.69, 9.17) is 23.3 Å². The number of carbonyl (C=O) groups is 3. The third-order valence-corrected chi connectivity index (χ3v) is 14.0. The summed E-state index contributed by atoms with van der Waals surface area (Å²) in [7, 11) is -4.77. The minimum atomic E-state index is -4.77. The molecule has 0 fully saturated rings. The number of hydrogen-bond acceptors (Lipinski definition) is 10. The first-order valence-electron chi connectivity index (χ1n) is 31.1. The molecule has 448 valence electrons. The lowest BCUT2D eigenvalue weighted by Gasteiger charge is -2.21. The number of unbranched alkanes of at least 4 members (excludes halogenated alkanes) is 24. The highest BCUT2D eigenvalue weighted by molar-refractivity contribution is 7.47. The predicted octanol–water partition coefficient (Wildman–Crippen LogP) is 18.8. The van der Waals surface area contributed by atoms with Gasteiger partial charge >= 0.3 is 25.7 Å². The van der Waals surface area contributed by atoms with Crippen molar-refractivity contribution in [3.05, 3.63) is 97.2 Å². The second kappa shape index (κ2) is 59.5. The molecular formula is C66H113O11P. The van der Waals surface area contributed by atoms with Crippen LogP contribution in [-0.4, -0.2) is 66.5 Å². The van der Waals surface area contributed by atoms with Crippen molar-refractivity contribution in [2.24, 2.45) is 0 Å². The molecule has 3 unspecified atom stereocenters. The summed E-state index contributed by atoms with van der Waals surface area (Å²) in [5, 5.41) is 9.85. The average Bonchev–Trinajstić information content (AvgIpc) is 3.43. The van der Waals surface area contributed by atoms with Crippen molar-refractivity contribution in [3.63, 3.8) is 0 Å². The molecule has 0 aliphatic rings. The predicted molar refractivity (Wildman–Crippen MR) is 325 cm³/mol. The Bertz CT molecular complexity index is 1680. The maximum absolute atomic E-state index is 12.9. The molecule has 0 heterocycles. The highest BCUT2D eigenvalue weighted by atomic mass is 31.2. The molecule has 0 radical (unpaired) electrons. The van der Waals surface area contributed by atoms with Gasteiger partial charge < -0.3 is 24.2 Å². The Kier molecular flexibility index (Phi) is 56.8. The fraction of sp³-hybridized carbons (Fsp3) is 0.712. The summed E-state index contributed by atoms with van der Waals surface area (Å²) in [5.41, 5.74) is 0. The molecule has 12 heteroatoms. The third-order valence-electron chi connectivity index (χ3n) is 13.0. The summed E-state index contributed by atoms with van der Waals surface area (Å²) in [4.78, 5) is 48.6. The molecule has 0 saturated heterocycles.